The minimum absolute atomic E-state index is 0.117. The second-order valence-corrected chi connectivity index (χ2v) is 3.75. The van der Waals surface area contributed by atoms with Gasteiger partial charge in [-0.2, -0.15) is 0 Å². The maximum Gasteiger partial charge on any atom is 0.274 e. The molecule has 1 aromatic heterocycles. The molecule has 0 spiro atoms. The molecule has 0 bridgehead atoms. The predicted molar refractivity (Wildman–Crippen MR) is 55.2 cm³/mol. The van der Waals surface area contributed by atoms with Crippen LogP contribution >= 0.6 is 11.3 Å². The van der Waals surface area contributed by atoms with E-state index in [1.165, 1.54) is 23.5 Å². The van der Waals surface area contributed by atoms with E-state index >= 15 is 0 Å². The third-order valence-corrected chi connectivity index (χ3v) is 2.69. The van der Waals surface area contributed by atoms with Crippen molar-refractivity contribution in [1.29, 1.82) is 0 Å². The minimum Gasteiger partial charge on any atom is -0.470 e. The van der Waals surface area contributed by atoms with E-state index < -0.39 is 5.82 Å². The van der Waals surface area contributed by atoms with Crippen LogP contribution < -0.4 is 10.5 Å². The van der Waals surface area contributed by atoms with Gasteiger partial charge < -0.3 is 10.5 Å². The zero-order chi connectivity index (χ0) is 10.1. The summed E-state index contributed by atoms with van der Waals surface area (Å²) in [4.78, 5) is 4.15. The van der Waals surface area contributed by atoms with Gasteiger partial charge in [-0.3, -0.25) is 0 Å². The van der Waals surface area contributed by atoms with Crippen molar-refractivity contribution in [3.05, 3.63) is 17.9 Å². The van der Waals surface area contributed by atoms with Gasteiger partial charge in [-0.15, -0.1) is 0 Å². The van der Waals surface area contributed by atoms with Crippen LogP contribution in [-0.2, 0) is 0 Å². The van der Waals surface area contributed by atoms with Crippen molar-refractivity contribution in [3.8, 4) is 5.19 Å². The molecule has 0 fully saturated rings. The molecular weight excluding hydrogens is 203 g/mol. The lowest BCUT2D eigenvalue weighted by Gasteiger charge is -1.93. The van der Waals surface area contributed by atoms with Crippen LogP contribution in [0, 0.1) is 5.82 Å². The van der Waals surface area contributed by atoms with Gasteiger partial charge in [0.1, 0.15) is 5.82 Å². The highest BCUT2D eigenvalue weighted by Gasteiger charge is 2.07. The third kappa shape index (κ3) is 1.50. The molecule has 0 aliphatic carbocycles. The topological polar surface area (TPSA) is 48.1 Å². The van der Waals surface area contributed by atoms with Gasteiger partial charge in [0.25, 0.3) is 5.19 Å². The third-order valence-electron chi connectivity index (χ3n) is 1.76. The van der Waals surface area contributed by atoms with Crippen molar-refractivity contribution in [2.45, 2.75) is 6.92 Å². The largest absolute Gasteiger partial charge is 0.470 e. The van der Waals surface area contributed by atoms with Gasteiger partial charge in [0.15, 0.2) is 0 Å². The molecule has 1 aromatic carbocycles. The Kier molecular flexibility index (Phi) is 2.25. The Labute approximate surface area is 84.3 Å². The number of hydrogen-bond donors (Lipinski definition) is 1. The minimum atomic E-state index is -0.413. The average molecular weight is 212 g/mol. The van der Waals surface area contributed by atoms with Crippen molar-refractivity contribution in [2.75, 3.05) is 12.3 Å². The number of benzene rings is 1. The van der Waals surface area contributed by atoms with E-state index in [1.54, 1.807) is 0 Å². The average Bonchev–Trinajstić information content (AvgIpc) is 2.48. The number of halogens is 1. The van der Waals surface area contributed by atoms with Crippen LogP contribution in [0.2, 0.25) is 0 Å². The highest BCUT2D eigenvalue weighted by Crippen LogP contribution is 2.30. The van der Waals surface area contributed by atoms with E-state index in [2.05, 4.69) is 4.98 Å². The Bertz CT molecular complexity index is 430. The molecule has 5 heteroatoms. The van der Waals surface area contributed by atoms with Crippen LogP contribution in [-0.4, -0.2) is 11.6 Å². The van der Waals surface area contributed by atoms with Gasteiger partial charge >= 0.3 is 0 Å². The molecule has 74 valence electrons. The van der Waals surface area contributed by atoms with Gasteiger partial charge in [0.05, 0.1) is 22.5 Å². The van der Waals surface area contributed by atoms with Crippen molar-refractivity contribution >= 4 is 27.2 Å². The lowest BCUT2D eigenvalue weighted by Crippen LogP contribution is -1.90. The summed E-state index contributed by atoms with van der Waals surface area (Å²) >= 11 is 1.32. The number of anilines is 1. The monoisotopic (exact) mass is 212 g/mol. The number of aromatic nitrogens is 1. The lowest BCUT2D eigenvalue weighted by atomic mass is 10.3. The number of nitrogens with two attached hydrogens (primary N) is 1. The summed E-state index contributed by atoms with van der Waals surface area (Å²) in [6, 6.07) is 2.90. The summed E-state index contributed by atoms with van der Waals surface area (Å²) in [5.41, 5.74) is 6.21. The summed E-state index contributed by atoms with van der Waals surface area (Å²) in [5, 5.41) is 0.549. The van der Waals surface area contributed by atoms with E-state index in [9.17, 15) is 4.39 Å². The maximum atomic E-state index is 13.1. The van der Waals surface area contributed by atoms with Crippen LogP contribution in [0.1, 0.15) is 6.92 Å². The normalized spacial score (nSPS) is 10.7. The molecule has 14 heavy (non-hydrogen) atoms. The molecule has 0 saturated heterocycles. The van der Waals surface area contributed by atoms with E-state index in [1.807, 2.05) is 6.92 Å². The lowest BCUT2D eigenvalue weighted by molar-refractivity contribution is 0.339. The zero-order valence-corrected chi connectivity index (χ0v) is 8.40. The Morgan fingerprint density at radius 1 is 1.57 bits per heavy atom. The predicted octanol–water partition coefficient (Wildman–Crippen LogP) is 2.42. The number of nitrogens with zero attached hydrogens (tertiary/aromatic N) is 1. The molecule has 1 heterocycles. The Hall–Kier alpha value is -1.36. The molecule has 2 N–H and O–H groups in total. The smallest absolute Gasteiger partial charge is 0.274 e. The summed E-state index contributed by atoms with van der Waals surface area (Å²) in [6.45, 7) is 2.43. The molecule has 2 rings (SSSR count). The van der Waals surface area contributed by atoms with Crippen LogP contribution in [0.4, 0.5) is 10.1 Å². The molecule has 3 nitrogen and oxygen atoms in total. The van der Waals surface area contributed by atoms with E-state index in [0.29, 0.717) is 17.3 Å². The molecular formula is C9H9FN2OS. The first-order chi connectivity index (χ1) is 6.70. The quantitative estimate of drug-likeness (QED) is 0.778. The fourth-order valence-electron chi connectivity index (χ4n) is 1.13. The van der Waals surface area contributed by atoms with Crippen molar-refractivity contribution in [3.63, 3.8) is 0 Å². The van der Waals surface area contributed by atoms with Gasteiger partial charge in [0.2, 0.25) is 0 Å². The molecule has 0 amide bonds. The van der Waals surface area contributed by atoms with Crippen molar-refractivity contribution < 1.29 is 9.13 Å². The van der Waals surface area contributed by atoms with Crippen LogP contribution in [0.5, 0.6) is 5.19 Å². The molecule has 0 radical (unpaired) electrons. The van der Waals surface area contributed by atoms with Crippen LogP contribution in [0.15, 0.2) is 12.1 Å². The summed E-state index contributed by atoms with van der Waals surface area (Å²) in [6.07, 6.45) is 0. The molecule has 0 atom stereocenters. The van der Waals surface area contributed by atoms with Gasteiger partial charge in [-0.05, 0) is 19.1 Å². The molecule has 0 unspecified atom stereocenters. The summed E-state index contributed by atoms with van der Waals surface area (Å²) in [7, 11) is 0. The number of fused-ring (bicyclic) bond motifs is 1. The first-order valence-corrected chi connectivity index (χ1v) is 5.00. The fraction of sp³-hybridized carbons (Fsp3) is 0.222. The van der Waals surface area contributed by atoms with E-state index in [0.717, 1.165) is 4.70 Å². The zero-order valence-electron chi connectivity index (χ0n) is 7.58. The molecule has 2 aromatic rings. The molecule has 0 aliphatic rings. The van der Waals surface area contributed by atoms with Crippen LogP contribution in [0.25, 0.3) is 10.2 Å². The van der Waals surface area contributed by atoms with E-state index in [4.69, 9.17) is 10.5 Å². The van der Waals surface area contributed by atoms with Crippen LogP contribution in [0.3, 0.4) is 0 Å². The Morgan fingerprint density at radius 2 is 2.36 bits per heavy atom. The maximum absolute atomic E-state index is 13.1. The van der Waals surface area contributed by atoms with Crippen molar-refractivity contribution in [2.24, 2.45) is 0 Å². The standard InChI is InChI=1S/C9H9FN2OS/c1-2-13-9-12-7-4-6(11)5(10)3-8(7)14-9/h3-4H,2,11H2,1H3. The number of hydrogen-bond acceptors (Lipinski definition) is 4. The Balaban J connectivity index is 2.54. The number of ether oxygens (including phenoxy) is 1. The van der Waals surface area contributed by atoms with Gasteiger partial charge in [-0.25, -0.2) is 9.37 Å². The summed E-state index contributed by atoms with van der Waals surface area (Å²) < 4.78 is 19.0. The first-order valence-electron chi connectivity index (χ1n) is 4.19. The molecule has 0 aliphatic heterocycles. The van der Waals surface area contributed by atoms with Gasteiger partial charge in [0, 0.05) is 0 Å². The molecule has 0 saturated carbocycles. The highest BCUT2D eigenvalue weighted by molar-refractivity contribution is 7.20. The van der Waals surface area contributed by atoms with Crippen molar-refractivity contribution in [1.82, 2.24) is 4.98 Å². The second kappa shape index (κ2) is 3.42. The second-order valence-electron chi connectivity index (χ2n) is 2.75. The van der Waals surface area contributed by atoms with E-state index in [-0.39, 0.29) is 5.69 Å². The highest BCUT2D eigenvalue weighted by atomic mass is 32.1. The Morgan fingerprint density at radius 3 is 3.07 bits per heavy atom. The fourth-order valence-corrected chi connectivity index (χ4v) is 2.01. The first kappa shape index (κ1) is 9.21. The summed E-state index contributed by atoms with van der Waals surface area (Å²) in [5.74, 6) is -0.413. The SMILES string of the molecule is CCOc1nc2cc(N)c(F)cc2s1. The number of thiazole rings is 1. The van der Waals surface area contributed by atoms with Gasteiger partial charge in [-0.1, -0.05) is 11.3 Å². The number of nitrogen functional groups attached to an aromatic ring is 1. The number of rotatable bonds is 2.